The SMILES string of the molecule is C[C@@H](COS(C)(=O)=O)Nc1ccc2c(C#N)cccc2c1. The van der Waals surface area contributed by atoms with Gasteiger partial charge >= 0.3 is 0 Å². The highest BCUT2D eigenvalue weighted by atomic mass is 32.2. The van der Waals surface area contributed by atoms with Crippen LogP contribution in [0.5, 0.6) is 0 Å². The Kier molecular flexibility index (Phi) is 4.46. The van der Waals surface area contributed by atoms with Gasteiger partial charge in [-0.25, -0.2) is 0 Å². The summed E-state index contributed by atoms with van der Waals surface area (Å²) in [5.74, 6) is 0. The summed E-state index contributed by atoms with van der Waals surface area (Å²) in [5, 5.41) is 14.1. The van der Waals surface area contributed by atoms with Crippen molar-refractivity contribution >= 4 is 26.6 Å². The van der Waals surface area contributed by atoms with Crippen molar-refractivity contribution in [2.75, 3.05) is 18.2 Å². The molecule has 5 nitrogen and oxygen atoms in total. The second-order valence-corrected chi connectivity index (χ2v) is 6.53. The molecule has 6 heteroatoms. The van der Waals surface area contributed by atoms with E-state index in [2.05, 4.69) is 11.4 Å². The fourth-order valence-electron chi connectivity index (χ4n) is 2.02. The predicted molar refractivity (Wildman–Crippen MR) is 82.5 cm³/mol. The average molecular weight is 304 g/mol. The number of rotatable bonds is 5. The molecule has 0 amide bonds. The van der Waals surface area contributed by atoms with E-state index >= 15 is 0 Å². The Morgan fingerprint density at radius 3 is 2.76 bits per heavy atom. The van der Waals surface area contributed by atoms with Crippen molar-refractivity contribution in [3.63, 3.8) is 0 Å². The van der Waals surface area contributed by atoms with Crippen LogP contribution in [0.15, 0.2) is 36.4 Å². The maximum absolute atomic E-state index is 11.0. The molecule has 0 saturated carbocycles. The first-order valence-electron chi connectivity index (χ1n) is 6.43. The van der Waals surface area contributed by atoms with Crippen molar-refractivity contribution in [2.45, 2.75) is 13.0 Å². The summed E-state index contributed by atoms with van der Waals surface area (Å²) in [4.78, 5) is 0. The van der Waals surface area contributed by atoms with Gasteiger partial charge in [0.2, 0.25) is 0 Å². The van der Waals surface area contributed by atoms with E-state index < -0.39 is 10.1 Å². The molecule has 0 aliphatic rings. The van der Waals surface area contributed by atoms with Gasteiger partial charge in [0.05, 0.1) is 24.5 Å². The van der Waals surface area contributed by atoms with Crippen molar-refractivity contribution in [1.29, 1.82) is 5.26 Å². The summed E-state index contributed by atoms with van der Waals surface area (Å²) in [6, 6.07) is 13.2. The lowest BCUT2D eigenvalue weighted by Crippen LogP contribution is -2.23. The van der Waals surface area contributed by atoms with Crippen molar-refractivity contribution in [1.82, 2.24) is 0 Å². The fourth-order valence-corrected chi connectivity index (χ4v) is 2.47. The molecule has 21 heavy (non-hydrogen) atoms. The Balaban J connectivity index is 2.15. The van der Waals surface area contributed by atoms with Gasteiger partial charge in [-0.3, -0.25) is 4.18 Å². The van der Waals surface area contributed by atoms with Crippen LogP contribution < -0.4 is 5.32 Å². The number of hydrogen-bond donors (Lipinski definition) is 1. The van der Waals surface area contributed by atoms with Gasteiger partial charge in [0.1, 0.15) is 0 Å². The summed E-state index contributed by atoms with van der Waals surface area (Å²) < 4.78 is 26.7. The van der Waals surface area contributed by atoms with E-state index in [1.165, 1.54) is 0 Å². The maximum atomic E-state index is 11.0. The van der Waals surface area contributed by atoms with Gasteiger partial charge in [0.15, 0.2) is 0 Å². The van der Waals surface area contributed by atoms with Crippen molar-refractivity contribution in [3.8, 4) is 6.07 Å². The molecule has 0 aliphatic heterocycles. The molecule has 2 rings (SSSR count). The molecule has 110 valence electrons. The van der Waals surface area contributed by atoms with Gasteiger partial charge in [-0.05, 0) is 35.9 Å². The third-order valence-corrected chi connectivity index (χ3v) is 3.51. The van der Waals surface area contributed by atoms with E-state index in [9.17, 15) is 8.42 Å². The normalized spacial score (nSPS) is 12.8. The third-order valence-electron chi connectivity index (χ3n) is 2.95. The van der Waals surface area contributed by atoms with Gasteiger partial charge in [0, 0.05) is 11.7 Å². The smallest absolute Gasteiger partial charge is 0.264 e. The molecule has 1 atom stereocenters. The molecule has 0 aromatic heterocycles. The van der Waals surface area contributed by atoms with Crippen LogP contribution in [0, 0.1) is 11.3 Å². The molecule has 0 bridgehead atoms. The minimum Gasteiger partial charge on any atom is -0.380 e. The van der Waals surface area contributed by atoms with Crippen molar-refractivity contribution in [2.24, 2.45) is 0 Å². The first-order chi connectivity index (χ1) is 9.89. The van der Waals surface area contributed by atoms with Crippen LogP contribution in [0.4, 0.5) is 5.69 Å². The molecule has 0 spiro atoms. The number of anilines is 1. The highest BCUT2D eigenvalue weighted by molar-refractivity contribution is 7.85. The number of nitrogens with zero attached hydrogens (tertiary/aromatic N) is 1. The molecule has 1 N–H and O–H groups in total. The number of nitriles is 1. The molecule has 0 radical (unpaired) electrons. The average Bonchev–Trinajstić information content (AvgIpc) is 2.43. The summed E-state index contributed by atoms with van der Waals surface area (Å²) in [5.41, 5.74) is 1.48. The fraction of sp³-hybridized carbons (Fsp3) is 0.267. The molecule has 0 fully saturated rings. The zero-order valence-electron chi connectivity index (χ0n) is 11.8. The largest absolute Gasteiger partial charge is 0.380 e. The molecular weight excluding hydrogens is 288 g/mol. The van der Waals surface area contributed by atoms with Gasteiger partial charge < -0.3 is 5.32 Å². The molecule has 0 heterocycles. The van der Waals surface area contributed by atoms with Crippen LogP contribution in [-0.4, -0.2) is 27.3 Å². The van der Waals surface area contributed by atoms with E-state index in [1.807, 2.05) is 37.3 Å². The minimum atomic E-state index is -3.43. The van der Waals surface area contributed by atoms with E-state index in [-0.39, 0.29) is 12.6 Å². The van der Waals surface area contributed by atoms with Crippen LogP contribution in [0.1, 0.15) is 12.5 Å². The van der Waals surface area contributed by atoms with Gasteiger partial charge in [-0.15, -0.1) is 0 Å². The lowest BCUT2D eigenvalue weighted by Gasteiger charge is -2.15. The molecule has 2 aromatic carbocycles. The highest BCUT2D eigenvalue weighted by Crippen LogP contribution is 2.22. The number of hydrogen-bond acceptors (Lipinski definition) is 5. The summed E-state index contributed by atoms with van der Waals surface area (Å²) >= 11 is 0. The van der Waals surface area contributed by atoms with Crippen LogP contribution in [0.25, 0.3) is 10.8 Å². The predicted octanol–water partition coefficient (Wildman–Crippen LogP) is 2.49. The number of benzene rings is 2. The van der Waals surface area contributed by atoms with Crippen LogP contribution in [0.3, 0.4) is 0 Å². The Hall–Kier alpha value is -2.10. The molecular formula is C15H16N2O3S. The van der Waals surface area contributed by atoms with E-state index in [0.29, 0.717) is 5.56 Å². The van der Waals surface area contributed by atoms with Crippen LogP contribution in [0.2, 0.25) is 0 Å². The lowest BCUT2D eigenvalue weighted by molar-refractivity contribution is 0.309. The van der Waals surface area contributed by atoms with Gasteiger partial charge in [-0.2, -0.15) is 13.7 Å². The number of fused-ring (bicyclic) bond motifs is 1. The second kappa shape index (κ2) is 6.12. The summed E-state index contributed by atoms with van der Waals surface area (Å²) in [6.45, 7) is 1.90. The zero-order valence-corrected chi connectivity index (χ0v) is 12.6. The van der Waals surface area contributed by atoms with Gasteiger partial charge in [0.25, 0.3) is 10.1 Å². The topological polar surface area (TPSA) is 79.2 Å². The van der Waals surface area contributed by atoms with Crippen LogP contribution >= 0.6 is 0 Å². The Labute approximate surface area is 124 Å². The third kappa shape index (κ3) is 4.18. The highest BCUT2D eigenvalue weighted by Gasteiger charge is 2.08. The van der Waals surface area contributed by atoms with Crippen LogP contribution in [-0.2, 0) is 14.3 Å². The standard InChI is InChI=1S/C15H16N2O3S/c1-11(10-20-21(2,18)19)17-14-6-7-15-12(8-14)4-3-5-13(15)9-16/h3-8,11,17H,10H2,1-2H3/t11-/m0/s1. The first-order valence-corrected chi connectivity index (χ1v) is 8.24. The Bertz CT molecular complexity index is 794. The van der Waals surface area contributed by atoms with E-state index in [1.54, 1.807) is 6.07 Å². The van der Waals surface area contributed by atoms with Gasteiger partial charge in [-0.1, -0.05) is 18.2 Å². The molecule has 0 aliphatic carbocycles. The Morgan fingerprint density at radius 2 is 2.10 bits per heavy atom. The summed E-state index contributed by atoms with van der Waals surface area (Å²) in [6.07, 6.45) is 1.03. The quantitative estimate of drug-likeness (QED) is 0.858. The monoisotopic (exact) mass is 304 g/mol. The van der Waals surface area contributed by atoms with E-state index in [4.69, 9.17) is 9.44 Å². The lowest BCUT2D eigenvalue weighted by atomic mass is 10.0. The Morgan fingerprint density at radius 1 is 1.33 bits per heavy atom. The molecule has 0 unspecified atom stereocenters. The molecule has 0 saturated heterocycles. The second-order valence-electron chi connectivity index (χ2n) is 4.89. The van der Waals surface area contributed by atoms with E-state index in [0.717, 1.165) is 22.7 Å². The first kappa shape index (κ1) is 15.3. The van der Waals surface area contributed by atoms with Crippen molar-refractivity contribution < 1.29 is 12.6 Å². The zero-order chi connectivity index (χ0) is 15.5. The maximum Gasteiger partial charge on any atom is 0.264 e. The summed E-state index contributed by atoms with van der Waals surface area (Å²) in [7, 11) is -3.43. The minimum absolute atomic E-state index is 0.0646. The molecule has 2 aromatic rings. The number of nitrogens with one attached hydrogen (secondary N) is 1. The van der Waals surface area contributed by atoms with Crippen molar-refractivity contribution in [3.05, 3.63) is 42.0 Å².